The van der Waals surface area contributed by atoms with E-state index in [1.165, 1.54) is 22.7 Å². The molecule has 1 aromatic carbocycles. The molecule has 0 amide bonds. The van der Waals surface area contributed by atoms with Gasteiger partial charge in [-0.1, -0.05) is 18.2 Å². The highest BCUT2D eigenvalue weighted by molar-refractivity contribution is 7.20. The minimum atomic E-state index is -1.03. The van der Waals surface area contributed by atoms with E-state index < -0.39 is 24.3 Å². The van der Waals surface area contributed by atoms with Crippen molar-refractivity contribution >= 4 is 44.6 Å². The van der Waals surface area contributed by atoms with Crippen molar-refractivity contribution in [1.29, 1.82) is 5.26 Å². The van der Waals surface area contributed by atoms with Gasteiger partial charge in [0.1, 0.15) is 14.7 Å². The lowest BCUT2D eigenvalue weighted by Crippen LogP contribution is -2.19. The first-order valence-corrected chi connectivity index (χ1v) is 10.7. The molecule has 0 saturated carbocycles. The van der Waals surface area contributed by atoms with Gasteiger partial charge >= 0.3 is 5.97 Å². The SMILES string of the molecule is Cc1csc(C(C#N)C(=O)COC(=O)c2cc3c(C)nn(-c4ccccc4)c3s2)n1. The number of Topliss-reactive ketones (excluding diaryl/α,β-unsaturated/α-hetero) is 1. The monoisotopic (exact) mass is 436 g/mol. The molecule has 3 heterocycles. The first-order chi connectivity index (χ1) is 14.5. The minimum absolute atomic E-state index is 0.376. The molecule has 3 aromatic heterocycles. The number of esters is 1. The van der Waals surface area contributed by atoms with Crippen LogP contribution in [0, 0.1) is 25.2 Å². The number of carbonyl (C=O) groups excluding carboxylic acids is 2. The average molecular weight is 437 g/mol. The third kappa shape index (κ3) is 3.75. The van der Waals surface area contributed by atoms with Crippen molar-refractivity contribution in [3.8, 4) is 11.8 Å². The van der Waals surface area contributed by atoms with E-state index in [0.29, 0.717) is 9.88 Å². The Labute approximate surface area is 180 Å². The molecule has 0 aliphatic rings. The Hall–Kier alpha value is -3.35. The number of ketones is 1. The molecule has 150 valence electrons. The molecule has 9 heteroatoms. The molecular weight excluding hydrogens is 420 g/mol. The van der Waals surface area contributed by atoms with Crippen LogP contribution in [0.15, 0.2) is 41.8 Å². The van der Waals surface area contributed by atoms with Crippen molar-refractivity contribution < 1.29 is 14.3 Å². The molecule has 0 aliphatic heterocycles. The first kappa shape index (κ1) is 19.9. The number of aromatic nitrogens is 3. The summed E-state index contributed by atoms with van der Waals surface area (Å²) >= 11 is 2.50. The second kappa shape index (κ2) is 8.18. The van der Waals surface area contributed by atoms with Gasteiger partial charge in [-0.15, -0.1) is 22.7 Å². The molecule has 0 N–H and O–H groups in total. The molecule has 7 nitrogen and oxygen atoms in total. The van der Waals surface area contributed by atoms with Crippen LogP contribution >= 0.6 is 22.7 Å². The molecule has 0 bridgehead atoms. The highest BCUT2D eigenvalue weighted by Gasteiger charge is 2.25. The Morgan fingerprint density at radius 2 is 2.03 bits per heavy atom. The number of nitriles is 1. The van der Waals surface area contributed by atoms with Crippen molar-refractivity contribution in [1.82, 2.24) is 14.8 Å². The van der Waals surface area contributed by atoms with E-state index in [0.717, 1.165) is 27.3 Å². The smallest absolute Gasteiger partial charge is 0.348 e. The van der Waals surface area contributed by atoms with Gasteiger partial charge < -0.3 is 4.74 Å². The third-order valence-electron chi connectivity index (χ3n) is 4.43. The minimum Gasteiger partial charge on any atom is -0.453 e. The van der Waals surface area contributed by atoms with Crippen LogP contribution in [-0.4, -0.2) is 33.1 Å². The quantitative estimate of drug-likeness (QED) is 0.420. The number of hydrogen-bond acceptors (Lipinski definition) is 8. The third-order valence-corrected chi connectivity index (χ3v) is 6.54. The van der Waals surface area contributed by atoms with Crippen molar-refractivity contribution in [2.24, 2.45) is 0 Å². The van der Waals surface area contributed by atoms with Crippen LogP contribution in [0.5, 0.6) is 0 Å². The van der Waals surface area contributed by atoms with Gasteiger partial charge in [0.05, 0.1) is 17.5 Å². The number of thiazole rings is 1. The molecular formula is C21H16N4O3S2. The van der Waals surface area contributed by atoms with Gasteiger partial charge in [0.15, 0.2) is 18.3 Å². The van der Waals surface area contributed by atoms with Gasteiger partial charge in [0.2, 0.25) is 0 Å². The number of aryl methyl sites for hydroxylation is 2. The molecule has 0 fully saturated rings. The summed E-state index contributed by atoms with van der Waals surface area (Å²) in [6.45, 7) is 3.19. The van der Waals surface area contributed by atoms with Crippen LogP contribution in [0.4, 0.5) is 0 Å². The fraction of sp³-hybridized carbons (Fsp3) is 0.190. The molecule has 0 aliphatic carbocycles. The summed E-state index contributed by atoms with van der Waals surface area (Å²) in [5.41, 5.74) is 2.43. The standard InChI is InChI=1S/C21H16N4O3S2/c1-12-11-29-19(23-12)16(9-22)17(26)10-28-21(27)18-8-15-13(2)24-25(20(15)30-18)14-6-4-3-5-7-14/h3-8,11,16H,10H2,1-2H3. The highest BCUT2D eigenvalue weighted by Crippen LogP contribution is 2.31. The van der Waals surface area contributed by atoms with Crippen LogP contribution in [0.1, 0.15) is 32.0 Å². The highest BCUT2D eigenvalue weighted by atomic mass is 32.1. The number of carbonyl (C=O) groups is 2. The van der Waals surface area contributed by atoms with Gasteiger partial charge in [-0.05, 0) is 32.0 Å². The van der Waals surface area contributed by atoms with Crippen LogP contribution in [0.3, 0.4) is 0 Å². The number of para-hydroxylation sites is 1. The number of thiophene rings is 1. The first-order valence-electron chi connectivity index (χ1n) is 9.04. The van der Waals surface area contributed by atoms with Gasteiger partial charge in [-0.3, -0.25) is 4.79 Å². The summed E-state index contributed by atoms with van der Waals surface area (Å²) in [6.07, 6.45) is 0. The fourth-order valence-electron chi connectivity index (χ4n) is 2.95. The fourth-order valence-corrected chi connectivity index (χ4v) is 4.89. The van der Waals surface area contributed by atoms with Gasteiger partial charge in [0.25, 0.3) is 0 Å². The summed E-state index contributed by atoms with van der Waals surface area (Å²) in [6, 6.07) is 13.3. The van der Waals surface area contributed by atoms with Crippen LogP contribution in [0.25, 0.3) is 15.9 Å². The number of nitrogens with zero attached hydrogens (tertiary/aromatic N) is 4. The lowest BCUT2D eigenvalue weighted by molar-refractivity contribution is -0.122. The molecule has 4 aromatic rings. The molecule has 0 radical (unpaired) electrons. The average Bonchev–Trinajstić information content (AvgIpc) is 3.44. The molecule has 1 unspecified atom stereocenters. The molecule has 0 saturated heterocycles. The summed E-state index contributed by atoms with van der Waals surface area (Å²) in [5.74, 6) is -2.13. The van der Waals surface area contributed by atoms with Crippen molar-refractivity contribution in [3.63, 3.8) is 0 Å². The number of fused-ring (bicyclic) bond motifs is 1. The topological polar surface area (TPSA) is 97.9 Å². The van der Waals surface area contributed by atoms with Gasteiger partial charge in [-0.2, -0.15) is 10.4 Å². The van der Waals surface area contributed by atoms with E-state index >= 15 is 0 Å². The summed E-state index contributed by atoms with van der Waals surface area (Å²) < 4.78 is 6.99. The summed E-state index contributed by atoms with van der Waals surface area (Å²) in [7, 11) is 0. The Kier molecular flexibility index (Phi) is 5.44. The van der Waals surface area contributed by atoms with Crippen molar-refractivity contribution in [3.05, 3.63) is 63.1 Å². The maximum atomic E-state index is 12.5. The zero-order valence-electron chi connectivity index (χ0n) is 16.2. The Balaban J connectivity index is 1.51. The van der Waals surface area contributed by atoms with Crippen LogP contribution in [-0.2, 0) is 9.53 Å². The Bertz CT molecular complexity index is 1280. The van der Waals surface area contributed by atoms with E-state index in [9.17, 15) is 14.9 Å². The summed E-state index contributed by atoms with van der Waals surface area (Å²) in [4.78, 5) is 30.3. The number of rotatable bonds is 6. The lowest BCUT2D eigenvalue weighted by atomic mass is 10.1. The number of benzene rings is 1. The normalized spacial score (nSPS) is 11.9. The van der Waals surface area contributed by atoms with E-state index in [1.54, 1.807) is 23.1 Å². The maximum Gasteiger partial charge on any atom is 0.348 e. The zero-order chi connectivity index (χ0) is 21.3. The molecule has 0 spiro atoms. The second-order valence-corrected chi connectivity index (χ2v) is 8.51. The predicted molar refractivity (Wildman–Crippen MR) is 114 cm³/mol. The lowest BCUT2D eigenvalue weighted by Gasteiger charge is -2.06. The van der Waals surface area contributed by atoms with Crippen molar-refractivity contribution in [2.75, 3.05) is 6.61 Å². The Morgan fingerprint density at radius 3 is 2.70 bits per heavy atom. The largest absolute Gasteiger partial charge is 0.453 e. The van der Waals surface area contributed by atoms with Crippen LogP contribution in [0.2, 0.25) is 0 Å². The zero-order valence-corrected chi connectivity index (χ0v) is 17.8. The second-order valence-electron chi connectivity index (χ2n) is 6.59. The molecule has 1 atom stereocenters. The van der Waals surface area contributed by atoms with Gasteiger partial charge in [-0.25, -0.2) is 14.5 Å². The van der Waals surface area contributed by atoms with E-state index in [2.05, 4.69) is 10.1 Å². The summed E-state index contributed by atoms with van der Waals surface area (Å²) in [5, 5.41) is 16.9. The molecule has 30 heavy (non-hydrogen) atoms. The predicted octanol–water partition coefficient (Wildman–Crippen LogP) is 4.19. The molecule has 4 rings (SSSR count). The van der Waals surface area contributed by atoms with Gasteiger partial charge in [0, 0.05) is 16.5 Å². The number of ether oxygens (including phenoxy) is 1. The maximum absolute atomic E-state index is 12.5. The van der Waals surface area contributed by atoms with Crippen LogP contribution < -0.4 is 0 Å². The van der Waals surface area contributed by atoms with Crippen molar-refractivity contribution in [2.45, 2.75) is 19.8 Å². The van der Waals surface area contributed by atoms with E-state index in [-0.39, 0.29) is 0 Å². The van der Waals surface area contributed by atoms with E-state index in [4.69, 9.17) is 4.74 Å². The number of hydrogen-bond donors (Lipinski definition) is 0. The Morgan fingerprint density at radius 1 is 1.27 bits per heavy atom. The van der Waals surface area contributed by atoms with E-state index in [1.807, 2.05) is 43.3 Å².